The van der Waals surface area contributed by atoms with Gasteiger partial charge in [-0.1, -0.05) is 0 Å². The summed E-state index contributed by atoms with van der Waals surface area (Å²) in [5, 5.41) is 29.7. The van der Waals surface area contributed by atoms with Gasteiger partial charge in [-0.2, -0.15) is 0 Å². The van der Waals surface area contributed by atoms with Crippen LogP contribution in [0, 0.1) is 0 Å². The Hall–Kier alpha value is -1.85. The van der Waals surface area contributed by atoms with Crippen molar-refractivity contribution in [1.29, 1.82) is 0 Å². The van der Waals surface area contributed by atoms with Gasteiger partial charge in [-0.15, -0.1) is 0 Å². The molecule has 0 bridgehead atoms. The number of hydrogen-bond donors (Lipinski definition) is 8. The van der Waals surface area contributed by atoms with E-state index < -0.39 is 40.0 Å². The number of carbonyl (C=O) groups is 4. The lowest BCUT2D eigenvalue weighted by Crippen LogP contribution is -2.60. The van der Waals surface area contributed by atoms with Crippen LogP contribution in [0.15, 0.2) is 0 Å². The molecule has 0 radical (unpaired) electrons. The summed E-state index contributed by atoms with van der Waals surface area (Å²) in [6.07, 6.45) is 0. The van der Waals surface area contributed by atoms with Crippen LogP contribution in [0.2, 0.25) is 13.1 Å². The third kappa shape index (κ3) is 144. The van der Waals surface area contributed by atoms with Crippen molar-refractivity contribution in [2.24, 2.45) is 0 Å². The maximum absolute atomic E-state index is 9.00. The second-order valence-electron chi connectivity index (χ2n) is 4.12. The molecule has 0 unspecified atom stereocenters. The summed E-state index contributed by atoms with van der Waals surface area (Å²) in [4.78, 5) is 70.4. The minimum atomic E-state index is -3.61. The standard InChI is InChI=1S/C2H10O4Si2.4C2H4O2/c1-7(3,4)8(2,5)6;4*1-2(3)4/h3-6H,1-2H3;4*1H3,(H,3,4). The van der Waals surface area contributed by atoms with Gasteiger partial charge < -0.3 is 39.6 Å². The zero-order chi connectivity index (χ0) is 21.3. The van der Waals surface area contributed by atoms with E-state index in [2.05, 4.69) is 0 Å². The molecule has 0 aromatic rings. The maximum atomic E-state index is 9.00. The van der Waals surface area contributed by atoms with Crippen LogP contribution in [-0.2, 0) is 19.2 Å². The van der Waals surface area contributed by atoms with Crippen LogP contribution < -0.4 is 0 Å². The second kappa shape index (κ2) is 17.5. The summed E-state index contributed by atoms with van der Waals surface area (Å²) in [5.74, 6) is -3.33. The van der Waals surface area contributed by atoms with Crippen LogP contribution in [-0.4, -0.2) is 79.6 Å². The summed E-state index contributed by atoms with van der Waals surface area (Å²) in [6.45, 7) is 6.50. The van der Waals surface area contributed by atoms with E-state index in [-0.39, 0.29) is 0 Å². The highest BCUT2D eigenvalue weighted by Crippen LogP contribution is 2.04. The fourth-order valence-electron chi connectivity index (χ4n) is 0. The predicted molar refractivity (Wildman–Crippen MR) is 85.4 cm³/mol. The van der Waals surface area contributed by atoms with E-state index in [1.807, 2.05) is 0 Å². The Morgan fingerprint density at radius 3 is 0.542 bits per heavy atom. The Labute approximate surface area is 140 Å². The third-order valence-corrected chi connectivity index (χ3v) is 8.07. The summed E-state index contributed by atoms with van der Waals surface area (Å²) in [6, 6.07) is 0. The number of aliphatic carboxylic acids is 4. The van der Waals surface area contributed by atoms with Crippen LogP contribution in [0.3, 0.4) is 0 Å². The van der Waals surface area contributed by atoms with E-state index in [0.717, 1.165) is 40.8 Å². The molecule has 0 amide bonds. The van der Waals surface area contributed by atoms with Gasteiger partial charge in [0.15, 0.2) is 0 Å². The molecule has 0 saturated carbocycles. The summed E-state index contributed by atoms with van der Waals surface area (Å²) in [7, 11) is -7.22. The second-order valence-corrected chi connectivity index (χ2v) is 13.9. The summed E-state index contributed by atoms with van der Waals surface area (Å²) >= 11 is 0. The van der Waals surface area contributed by atoms with Crippen molar-refractivity contribution in [3.8, 4) is 0 Å². The molecule has 0 fully saturated rings. The van der Waals surface area contributed by atoms with Crippen molar-refractivity contribution in [3.05, 3.63) is 0 Å². The SMILES string of the molecule is CC(=O)O.CC(=O)O.CC(=O)O.CC(=O)O.C[Si](O)(O)[Si](C)(O)O. The molecular formula is C10H26O12Si2. The molecule has 0 rings (SSSR count). The number of carboxylic acid groups (broad SMARTS) is 4. The van der Waals surface area contributed by atoms with Crippen LogP contribution in [0.4, 0.5) is 0 Å². The number of hydrogen-bond acceptors (Lipinski definition) is 8. The molecule has 14 heteroatoms. The first kappa shape index (κ1) is 33.7. The molecule has 0 aromatic carbocycles. The fourth-order valence-corrected chi connectivity index (χ4v) is 0. The number of carboxylic acids is 4. The molecule has 0 spiro atoms. The molecule has 24 heavy (non-hydrogen) atoms. The van der Waals surface area contributed by atoms with E-state index in [9.17, 15) is 0 Å². The van der Waals surface area contributed by atoms with Crippen LogP contribution in [0.25, 0.3) is 0 Å². The minimum Gasteiger partial charge on any atom is -0.481 e. The Balaban J connectivity index is -0.0000000657. The Kier molecular flexibility index (Phi) is 24.6. The first-order valence-electron chi connectivity index (χ1n) is 5.86. The molecule has 0 atom stereocenters. The zero-order valence-electron chi connectivity index (χ0n) is 14.2. The van der Waals surface area contributed by atoms with Crippen molar-refractivity contribution in [3.63, 3.8) is 0 Å². The fraction of sp³-hybridized carbons (Fsp3) is 0.600. The first-order valence-corrected chi connectivity index (χ1v) is 11.6. The van der Waals surface area contributed by atoms with E-state index in [4.69, 9.17) is 58.8 Å². The van der Waals surface area contributed by atoms with Crippen molar-refractivity contribution < 1.29 is 58.8 Å². The quantitative estimate of drug-likeness (QED) is 0.238. The monoisotopic (exact) mass is 394 g/mol. The lowest BCUT2D eigenvalue weighted by atomic mass is 10.9. The molecule has 8 N–H and O–H groups in total. The molecule has 0 aromatic heterocycles. The molecular weight excluding hydrogens is 368 g/mol. The lowest BCUT2D eigenvalue weighted by molar-refractivity contribution is -0.135. The largest absolute Gasteiger partial charge is 0.481 e. The van der Waals surface area contributed by atoms with Gasteiger partial charge in [-0.3, -0.25) is 19.2 Å². The molecule has 12 nitrogen and oxygen atoms in total. The predicted octanol–water partition coefficient (Wildman–Crippen LogP) is -1.46. The highest BCUT2D eigenvalue weighted by Gasteiger charge is 2.47. The maximum Gasteiger partial charge on any atom is 0.375 e. The van der Waals surface area contributed by atoms with Crippen molar-refractivity contribution >= 4 is 40.0 Å². The molecule has 0 aliphatic heterocycles. The molecule has 0 saturated heterocycles. The number of rotatable bonds is 1. The Morgan fingerprint density at radius 2 is 0.542 bits per heavy atom. The van der Waals surface area contributed by atoms with E-state index >= 15 is 0 Å². The van der Waals surface area contributed by atoms with E-state index in [1.54, 1.807) is 0 Å². The lowest BCUT2D eigenvalue weighted by Gasteiger charge is -2.20. The third-order valence-electron chi connectivity index (χ3n) is 0.897. The van der Waals surface area contributed by atoms with Crippen LogP contribution in [0.1, 0.15) is 27.7 Å². The van der Waals surface area contributed by atoms with Gasteiger partial charge >= 0.3 is 16.2 Å². The van der Waals surface area contributed by atoms with Gasteiger partial charge in [0.2, 0.25) is 0 Å². The smallest absolute Gasteiger partial charge is 0.375 e. The average molecular weight is 394 g/mol. The van der Waals surface area contributed by atoms with E-state index in [0.29, 0.717) is 0 Å². The van der Waals surface area contributed by atoms with Crippen LogP contribution in [0.5, 0.6) is 0 Å². The summed E-state index contributed by atoms with van der Waals surface area (Å²) < 4.78 is 0. The highest BCUT2D eigenvalue weighted by molar-refractivity contribution is 7.28. The molecule has 0 heterocycles. The van der Waals surface area contributed by atoms with Crippen molar-refractivity contribution in [2.75, 3.05) is 0 Å². The molecule has 0 aliphatic carbocycles. The topological polar surface area (TPSA) is 230 Å². The van der Waals surface area contributed by atoms with Gasteiger partial charge in [0.1, 0.15) is 0 Å². The molecule has 146 valence electrons. The van der Waals surface area contributed by atoms with Gasteiger partial charge in [0.25, 0.3) is 23.9 Å². The summed E-state index contributed by atoms with van der Waals surface area (Å²) in [5.41, 5.74) is 0. The van der Waals surface area contributed by atoms with Gasteiger partial charge in [0, 0.05) is 27.7 Å². The van der Waals surface area contributed by atoms with Crippen molar-refractivity contribution in [1.82, 2.24) is 0 Å². The molecule has 0 aliphatic rings. The van der Waals surface area contributed by atoms with Gasteiger partial charge in [0.05, 0.1) is 0 Å². The van der Waals surface area contributed by atoms with E-state index in [1.165, 1.54) is 0 Å². The minimum absolute atomic E-state index is 0.833. The van der Waals surface area contributed by atoms with Gasteiger partial charge in [-0.05, 0) is 13.1 Å². The zero-order valence-corrected chi connectivity index (χ0v) is 16.2. The van der Waals surface area contributed by atoms with Gasteiger partial charge in [-0.25, -0.2) is 0 Å². The average Bonchev–Trinajstić information content (AvgIpc) is 2.08. The highest BCUT2D eigenvalue weighted by atomic mass is 29.3. The Morgan fingerprint density at radius 1 is 0.500 bits per heavy atom. The Bertz CT molecular complexity index is 293. The normalized spacial score (nSPS) is 8.92. The van der Waals surface area contributed by atoms with Crippen LogP contribution >= 0.6 is 0 Å². The van der Waals surface area contributed by atoms with Crippen molar-refractivity contribution in [2.45, 2.75) is 40.8 Å². The first-order chi connectivity index (χ1) is 10.2.